The van der Waals surface area contributed by atoms with Crippen LogP contribution in [0.2, 0.25) is 5.02 Å². The molecule has 1 fully saturated rings. The van der Waals surface area contributed by atoms with Crippen molar-refractivity contribution in [3.05, 3.63) is 82.6 Å². The Kier molecular flexibility index (Phi) is 10.4. The van der Waals surface area contributed by atoms with Crippen LogP contribution in [0.1, 0.15) is 35.6 Å². The molecule has 1 aliphatic rings. The molecule has 2 heterocycles. The number of nitrogens with one attached hydrogen (secondary N) is 1. The molecule has 4 rings (SSSR count). The lowest BCUT2D eigenvalue weighted by Crippen LogP contribution is -2.50. The highest BCUT2D eigenvalue weighted by molar-refractivity contribution is 7.89. The number of rotatable bonds is 11. The molecular formula is C29H35ClN4O6S2. The molecule has 0 bridgehead atoms. The third-order valence-corrected chi connectivity index (χ3v) is 10.6. The van der Waals surface area contributed by atoms with Gasteiger partial charge in [-0.05, 0) is 78.9 Å². The molecule has 2 aromatic carbocycles. The van der Waals surface area contributed by atoms with Gasteiger partial charge in [0.2, 0.25) is 15.9 Å². The Hall–Kier alpha value is -2.87. The van der Waals surface area contributed by atoms with E-state index in [-0.39, 0.29) is 30.3 Å². The van der Waals surface area contributed by atoms with E-state index in [0.29, 0.717) is 36.6 Å². The number of piperazine rings is 1. The highest BCUT2D eigenvalue weighted by Gasteiger charge is 2.38. The molecule has 0 saturated carbocycles. The summed E-state index contributed by atoms with van der Waals surface area (Å²) in [5.41, 5.74) is 4.33. The molecular weight excluding hydrogens is 600 g/mol. The Morgan fingerprint density at radius 2 is 1.86 bits per heavy atom. The largest absolute Gasteiger partial charge is 0.355 e. The Morgan fingerprint density at radius 1 is 1.10 bits per heavy atom. The fraction of sp³-hybridized carbons (Fsp3) is 0.379. The molecule has 1 amide bonds. The average Bonchev–Trinajstić information content (AvgIpc) is 2.94. The second-order valence-electron chi connectivity index (χ2n) is 10.4. The maximum atomic E-state index is 14.1. The summed E-state index contributed by atoms with van der Waals surface area (Å²) in [5, 5.41) is 2.88. The molecule has 1 unspecified atom stereocenters. The molecule has 0 radical (unpaired) electrons. The number of halogens is 1. The smallest absolute Gasteiger partial charge is 0.266 e. The normalized spacial score (nSPS) is 16.8. The van der Waals surface area contributed by atoms with E-state index in [4.69, 9.17) is 16.2 Å². The first kappa shape index (κ1) is 32.1. The highest BCUT2D eigenvalue weighted by Crippen LogP contribution is 2.35. The van der Waals surface area contributed by atoms with Crippen LogP contribution in [0.25, 0.3) is 11.1 Å². The Bertz CT molecular complexity index is 1650. The quantitative estimate of drug-likeness (QED) is 0.304. The van der Waals surface area contributed by atoms with E-state index >= 15 is 0 Å². The molecule has 1 aliphatic heterocycles. The number of amides is 1. The van der Waals surface area contributed by atoms with Crippen molar-refractivity contribution in [2.45, 2.75) is 37.6 Å². The number of carbonyl (C=O) groups is 1. The molecule has 3 aromatic rings. The second-order valence-corrected chi connectivity index (χ2v) is 14.2. The molecule has 226 valence electrons. The Labute approximate surface area is 252 Å². The number of nitrogens with zero attached hydrogens (tertiary/aromatic N) is 3. The second kappa shape index (κ2) is 13.6. The summed E-state index contributed by atoms with van der Waals surface area (Å²) in [6.07, 6.45) is 4.20. The van der Waals surface area contributed by atoms with Crippen LogP contribution in [0.3, 0.4) is 0 Å². The van der Waals surface area contributed by atoms with Crippen LogP contribution in [-0.4, -0.2) is 80.0 Å². The number of hydrogen-bond donors (Lipinski definition) is 2. The zero-order chi connectivity index (χ0) is 30.5. The number of pyridine rings is 1. The molecule has 0 aliphatic carbocycles. The van der Waals surface area contributed by atoms with Gasteiger partial charge in [-0.25, -0.2) is 8.42 Å². The van der Waals surface area contributed by atoms with E-state index in [1.807, 2.05) is 37.3 Å². The van der Waals surface area contributed by atoms with Crippen LogP contribution in [0.4, 0.5) is 0 Å². The molecule has 1 aromatic heterocycles. The third kappa shape index (κ3) is 7.94. The van der Waals surface area contributed by atoms with Crippen LogP contribution >= 0.6 is 11.6 Å². The summed E-state index contributed by atoms with van der Waals surface area (Å²) in [4.78, 5) is 18.6. The number of benzene rings is 2. The lowest BCUT2D eigenvalue weighted by Gasteiger charge is -2.41. The zero-order valence-corrected chi connectivity index (χ0v) is 25.9. The van der Waals surface area contributed by atoms with E-state index in [1.165, 1.54) is 0 Å². The number of hydrogen-bond acceptors (Lipinski definition) is 7. The molecule has 13 heteroatoms. The van der Waals surface area contributed by atoms with Crippen molar-refractivity contribution in [3.63, 3.8) is 0 Å². The molecule has 1 saturated heterocycles. The van der Waals surface area contributed by atoms with Crippen molar-refractivity contribution in [3.8, 4) is 11.1 Å². The van der Waals surface area contributed by atoms with Crippen molar-refractivity contribution in [2.24, 2.45) is 0 Å². The molecule has 2 N–H and O–H groups in total. The maximum absolute atomic E-state index is 14.1. The van der Waals surface area contributed by atoms with E-state index in [2.05, 4.69) is 15.2 Å². The van der Waals surface area contributed by atoms with Gasteiger partial charge < -0.3 is 10.2 Å². The first-order valence-electron chi connectivity index (χ1n) is 13.6. The van der Waals surface area contributed by atoms with Crippen molar-refractivity contribution in [1.82, 2.24) is 19.5 Å². The maximum Gasteiger partial charge on any atom is 0.266 e. The van der Waals surface area contributed by atoms with Gasteiger partial charge >= 0.3 is 0 Å². The number of aryl methyl sites for hydroxylation is 1. The fourth-order valence-electron chi connectivity index (χ4n) is 5.16. The van der Waals surface area contributed by atoms with Crippen LogP contribution in [-0.2, 0) is 24.9 Å². The van der Waals surface area contributed by atoms with E-state index in [0.717, 1.165) is 22.3 Å². The molecule has 42 heavy (non-hydrogen) atoms. The van der Waals surface area contributed by atoms with Crippen molar-refractivity contribution in [2.75, 3.05) is 38.5 Å². The average molecular weight is 635 g/mol. The summed E-state index contributed by atoms with van der Waals surface area (Å²) in [7, 11) is -8.04. The van der Waals surface area contributed by atoms with Gasteiger partial charge in [-0.15, -0.1) is 0 Å². The topological polar surface area (TPSA) is 137 Å². The van der Waals surface area contributed by atoms with Gasteiger partial charge in [-0.3, -0.25) is 14.3 Å². The number of carbonyl (C=O) groups excluding carboxylic acids is 1. The summed E-state index contributed by atoms with van der Waals surface area (Å²) in [6.45, 7) is 5.22. The van der Waals surface area contributed by atoms with E-state index < -0.39 is 31.9 Å². The van der Waals surface area contributed by atoms with Crippen LogP contribution in [0.5, 0.6) is 0 Å². The first-order valence-corrected chi connectivity index (χ1v) is 17.0. The van der Waals surface area contributed by atoms with Gasteiger partial charge in [0.1, 0.15) is 0 Å². The van der Waals surface area contributed by atoms with Gasteiger partial charge in [0.15, 0.2) is 0 Å². The Morgan fingerprint density at radius 3 is 2.60 bits per heavy atom. The van der Waals surface area contributed by atoms with Crippen molar-refractivity contribution in [1.29, 1.82) is 0 Å². The van der Waals surface area contributed by atoms with Crippen molar-refractivity contribution < 1.29 is 26.2 Å². The monoisotopic (exact) mass is 634 g/mol. The van der Waals surface area contributed by atoms with Crippen molar-refractivity contribution >= 4 is 37.6 Å². The number of aromatic nitrogens is 1. The predicted octanol–water partition coefficient (Wildman–Crippen LogP) is 3.85. The minimum absolute atomic E-state index is 0.160. The Balaban J connectivity index is 1.57. The SMILES string of the molecule is Cc1cnccc1-c1cccc(C2CN(CCCC(=O)NCCS(=O)(=O)O)CCN2S(=O)(=O)c2cccc(Cl)c2C)c1. The minimum atomic E-state index is -4.14. The minimum Gasteiger partial charge on any atom is -0.355 e. The number of sulfonamides is 1. The standard InChI is InChI=1S/C29H35ClN4O6S2/c1-21-19-31-12-11-25(21)23-6-3-7-24(18-23)27-20-33(14-5-10-29(35)32-13-17-41(36,37)38)15-16-34(27)42(39,40)28-9-4-8-26(30)22(28)2/h3-4,6-9,11-12,18-19,27H,5,10,13-17,20H2,1-2H3,(H,32,35)(H,36,37,38). The summed E-state index contributed by atoms with van der Waals surface area (Å²) in [6, 6.07) is 14.2. The van der Waals surface area contributed by atoms with Crippen LogP contribution in [0.15, 0.2) is 65.8 Å². The molecule has 0 spiro atoms. The van der Waals surface area contributed by atoms with Gasteiger partial charge in [0, 0.05) is 50.0 Å². The van der Waals surface area contributed by atoms with Crippen LogP contribution < -0.4 is 5.32 Å². The van der Waals surface area contributed by atoms with E-state index in [1.54, 1.807) is 41.8 Å². The lowest BCUT2D eigenvalue weighted by atomic mass is 9.97. The first-order chi connectivity index (χ1) is 19.9. The lowest BCUT2D eigenvalue weighted by molar-refractivity contribution is -0.121. The fourth-order valence-corrected chi connectivity index (χ4v) is 7.60. The van der Waals surface area contributed by atoms with Gasteiger partial charge in [0.05, 0.1) is 16.7 Å². The van der Waals surface area contributed by atoms with Gasteiger partial charge in [0.25, 0.3) is 10.1 Å². The predicted molar refractivity (Wildman–Crippen MR) is 162 cm³/mol. The molecule has 1 atom stereocenters. The highest BCUT2D eigenvalue weighted by atomic mass is 35.5. The third-order valence-electron chi connectivity index (χ3n) is 7.38. The summed E-state index contributed by atoms with van der Waals surface area (Å²) >= 11 is 6.30. The molecule has 10 nitrogen and oxygen atoms in total. The van der Waals surface area contributed by atoms with Gasteiger partial charge in [-0.2, -0.15) is 12.7 Å². The van der Waals surface area contributed by atoms with E-state index in [9.17, 15) is 21.6 Å². The zero-order valence-electron chi connectivity index (χ0n) is 23.5. The van der Waals surface area contributed by atoms with Crippen LogP contribution in [0, 0.1) is 13.8 Å². The summed E-state index contributed by atoms with van der Waals surface area (Å²) in [5.74, 6) is -0.852. The van der Waals surface area contributed by atoms with Gasteiger partial charge in [-0.1, -0.05) is 35.9 Å². The summed E-state index contributed by atoms with van der Waals surface area (Å²) < 4.78 is 60.2.